The van der Waals surface area contributed by atoms with Gasteiger partial charge in [-0.25, -0.2) is 4.79 Å². The number of rotatable bonds is 33. The lowest BCUT2D eigenvalue weighted by atomic mass is 10.0. The largest absolute Gasteiger partial charge is 0.480 e. The molecule has 3 fully saturated rings. The Bertz CT molecular complexity index is 2760. The first-order chi connectivity index (χ1) is 41.0. The molecular weight excluding hydrogens is 1140 g/mol. The first kappa shape index (κ1) is 68.1. The predicted molar refractivity (Wildman–Crippen MR) is 314 cm³/mol. The summed E-state index contributed by atoms with van der Waals surface area (Å²) in [6.45, 7) is -1.42. The zero-order valence-electron chi connectivity index (χ0n) is 47.6. The van der Waals surface area contributed by atoms with Crippen molar-refractivity contribution in [2.24, 2.45) is 55.1 Å². The monoisotopic (exact) mass is 1220 g/mol. The van der Waals surface area contributed by atoms with E-state index in [1.54, 1.807) is 47.8 Å². The maximum absolute atomic E-state index is 14.3. The molecule has 10 atom stereocenters. The van der Waals surface area contributed by atoms with Gasteiger partial charge in [0.15, 0.2) is 17.9 Å². The molecule has 33 heteroatoms. The number of aliphatic carboxylic acids is 1. The van der Waals surface area contributed by atoms with E-state index in [9.17, 15) is 63.3 Å². The number of amides is 9. The van der Waals surface area contributed by atoms with Gasteiger partial charge in [-0.2, -0.15) is 0 Å². The topological polar surface area (TPSA) is 533 Å². The molecule has 23 N–H and O–H groups in total. The van der Waals surface area contributed by atoms with Gasteiger partial charge in [0, 0.05) is 63.4 Å². The average Bonchev–Trinajstić information content (AvgIpc) is 2.47. The molecule has 86 heavy (non-hydrogen) atoms. The van der Waals surface area contributed by atoms with Crippen LogP contribution in [0.1, 0.15) is 74.6 Å². The van der Waals surface area contributed by atoms with Crippen molar-refractivity contribution in [1.82, 2.24) is 46.6 Å². The highest BCUT2D eigenvalue weighted by molar-refractivity contribution is 7.09. The molecule has 0 saturated carbocycles. The van der Waals surface area contributed by atoms with E-state index in [0.717, 1.165) is 4.90 Å². The molecule has 0 bridgehead atoms. The number of carbonyl (C=O) groups excluding carboxylic acids is 9. The van der Waals surface area contributed by atoms with Gasteiger partial charge in [0.2, 0.25) is 53.2 Å². The summed E-state index contributed by atoms with van der Waals surface area (Å²) in [6.07, 6.45) is 0.137. The third-order valence-corrected chi connectivity index (χ3v) is 15.4. The number of nitrogens with one attached hydrogen (secondary N) is 6. The zero-order valence-corrected chi connectivity index (χ0v) is 48.4. The predicted octanol–water partition coefficient (Wildman–Crippen LogP) is -6.81. The molecule has 3 saturated heterocycles. The summed E-state index contributed by atoms with van der Waals surface area (Å²) in [5, 5.41) is 48.0. The minimum atomic E-state index is -1.66. The average molecular weight is 1220 g/mol. The highest BCUT2D eigenvalue weighted by Gasteiger charge is 2.46. The van der Waals surface area contributed by atoms with E-state index in [2.05, 4.69) is 46.9 Å². The van der Waals surface area contributed by atoms with E-state index in [1.807, 2.05) is 0 Å². The minimum absolute atomic E-state index is 0.00402. The fourth-order valence-corrected chi connectivity index (χ4v) is 10.9. The van der Waals surface area contributed by atoms with Crippen LogP contribution in [0.15, 0.2) is 62.8 Å². The van der Waals surface area contributed by atoms with Gasteiger partial charge in [-0.1, -0.05) is 36.4 Å². The first-order valence-electron chi connectivity index (χ1n) is 28.2. The van der Waals surface area contributed by atoms with E-state index in [-0.39, 0.29) is 121 Å². The smallest absolute Gasteiger partial charge is 0.326 e. The molecule has 1 aromatic heterocycles. The van der Waals surface area contributed by atoms with Crippen molar-refractivity contribution in [2.75, 3.05) is 52.4 Å². The van der Waals surface area contributed by atoms with Gasteiger partial charge in [-0.15, -0.1) is 11.3 Å². The number of aliphatic hydroxyl groups excluding tert-OH is 2. The summed E-state index contributed by atoms with van der Waals surface area (Å²) < 4.78 is 0. The Morgan fingerprint density at radius 3 is 1.90 bits per heavy atom. The second-order valence-electron chi connectivity index (χ2n) is 21.0. The Morgan fingerprint density at radius 2 is 1.29 bits per heavy atom. The number of nitrogens with two attached hydrogens (primary N) is 7. The molecule has 0 aliphatic carbocycles. The van der Waals surface area contributed by atoms with E-state index < -0.39 is 133 Å². The van der Waals surface area contributed by atoms with Gasteiger partial charge in [-0.05, 0) is 74.8 Å². The molecule has 2 aromatic rings. The normalized spacial score (nSPS) is 19.3. The number of guanidine groups is 3. The zero-order chi connectivity index (χ0) is 63.0. The van der Waals surface area contributed by atoms with Crippen molar-refractivity contribution in [3.63, 3.8) is 0 Å². The van der Waals surface area contributed by atoms with Crippen LogP contribution in [0.2, 0.25) is 0 Å². The van der Waals surface area contributed by atoms with Gasteiger partial charge in [0.1, 0.15) is 48.3 Å². The Labute approximate surface area is 499 Å². The maximum atomic E-state index is 14.3. The molecular formula is C53H81N19O13S. The Hall–Kier alpha value is -8.69. The molecule has 1 unspecified atom stereocenters. The van der Waals surface area contributed by atoms with Crippen LogP contribution >= 0.6 is 11.3 Å². The number of hydrogen-bond acceptors (Lipinski definition) is 17. The summed E-state index contributed by atoms with van der Waals surface area (Å²) >= 11 is 1.25. The van der Waals surface area contributed by atoms with E-state index in [0.29, 0.717) is 23.3 Å². The van der Waals surface area contributed by atoms with Crippen LogP contribution in [0.5, 0.6) is 0 Å². The number of thiophene rings is 1. The number of hydrogen-bond donors (Lipinski definition) is 16. The number of β-amino-alcohol motifs (C(OH)–C–C–N with tert-alkyl or cyclic N) is 1. The number of carboxylic acids is 1. The second kappa shape index (κ2) is 33.7. The highest BCUT2D eigenvalue weighted by Crippen LogP contribution is 2.27. The summed E-state index contributed by atoms with van der Waals surface area (Å²) in [4.78, 5) is 153. The fraction of sp³-hybridized carbons (Fsp3) is 0.566. The minimum Gasteiger partial charge on any atom is -0.480 e. The summed E-state index contributed by atoms with van der Waals surface area (Å²) in [6, 6.07) is 0.625. The summed E-state index contributed by atoms with van der Waals surface area (Å²) in [7, 11) is 0. The molecule has 0 spiro atoms. The van der Waals surface area contributed by atoms with Crippen LogP contribution in [-0.4, -0.2) is 220 Å². The number of likely N-dealkylation sites (tertiary alicyclic amines) is 3. The third kappa shape index (κ3) is 20.8. The molecule has 0 radical (unpaired) electrons. The number of carbonyl (C=O) groups is 10. The second-order valence-corrected chi connectivity index (χ2v) is 22.0. The van der Waals surface area contributed by atoms with Gasteiger partial charge in [0.25, 0.3) is 0 Å². The van der Waals surface area contributed by atoms with E-state index in [4.69, 9.17) is 40.1 Å². The molecule has 3 aliphatic rings. The highest BCUT2D eigenvalue weighted by atomic mass is 32.1. The first-order valence-corrected chi connectivity index (χ1v) is 29.1. The fourth-order valence-electron chi connectivity index (χ4n) is 10.1. The SMILES string of the molecule is NC(N)=NCCC[C@@H](N)C(=O)N[C@@H](CCCN=C(N)N)C(=O)N1CCC[C@H]1C(=O)N1CC(O)C[C@H]1C(=O)NCC(=O)N[C@@H](Cc1cccs1)C(=O)N[C@@H](CO)C(=O)N[C@@H]1CCN([C@@H](Cc2ccccc2)C(=O)N[C@@H](CCCN=C(N)N)C(=O)O)C1=O. The number of benzene rings is 1. The Kier molecular flexibility index (Phi) is 26.7. The number of nitrogens with zero attached hydrogens (tertiary/aromatic N) is 6. The van der Waals surface area contributed by atoms with Crippen LogP contribution in [-0.2, 0) is 60.8 Å². The standard InChI is InChI=1S/C53H81N19O13S/c54-32(12-4-17-61-51(55)56)42(76)66-33(13-5-18-62-52(57)58)47(81)70-20-7-15-38(70)49(83)72-27-30(74)24-40(72)45(79)64-26-41(75)65-36(25-31-11-8-22-86-31)43(77)69-37(28-73)44(78)67-34-16-21-71(48(34)82)39(23-29-9-2-1-3-10-29)46(80)68-35(50(84)85)14-6-19-63-53(59)60/h1-3,8-11,22,30,32-40,73-74H,4-7,12-21,23-28,54H2,(H,64,79)(H,65,75)(H,66,76)(H,67,78)(H,68,80)(H,69,77)(H,84,85)(H4,55,56,61)(H4,57,58,62)(H4,59,60,63)/t30?,32-,33+,34-,35+,36+,37+,38+,39+,40+/m1/s1. The molecule has 5 rings (SSSR count). The molecule has 4 heterocycles. The van der Waals surface area contributed by atoms with Crippen molar-refractivity contribution >= 4 is 88.3 Å². The van der Waals surface area contributed by atoms with Crippen molar-refractivity contribution < 1.29 is 63.3 Å². The van der Waals surface area contributed by atoms with Crippen LogP contribution in [0, 0.1) is 0 Å². The van der Waals surface area contributed by atoms with E-state index in [1.165, 1.54) is 21.1 Å². The summed E-state index contributed by atoms with van der Waals surface area (Å²) in [5.41, 5.74) is 39.3. The Balaban J connectivity index is 1.21. The summed E-state index contributed by atoms with van der Waals surface area (Å²) in [5.74, 6) is -8.75. The molecule has 3 aliphatic heterocycles. The van der Waals surface area contributed by atoms with Crippen molar-refractivity contribution in [3.05, 3.63) is 58.3 Å². The van der Waals surface area contributed by atoms with Crippen molar-refractivity contribution in [3.8, 4) is 0 Å². The molecule has 9 amide bonds. The lowest BCUT2D eigenvalue weighted by molar-refractivity contribution is -0.148. The van der Waals surface area contributed by atoms with Gasteiger partial charge in [-0.3, -0.25) is 58.1 Å². The van der Waals surface area contributed by atoms with Crippen LogP contribution in [0.4, 0.5) is 0 Å². The quantitative estimate of drug-likeness (QED) is 0.0179. The van der Waals surface area contributed by atoms with Crippen molar-refractivity contribution in [2.45, 2.75) is 138 Å². The number of aliphatic hydroxyl groups is 2. The molecule has 472 valence electrons. The van der Waals surface area contributed by atoms with Crippen LogP contribution < -0.4 is 72.0 Å². The van der Waals surface area contributed by atoms with Crippen molar-refractivity contribution in [1.29, 1.82) is 0 Å². The number of aliphatic imine (C=N–C) groups is 3. The van der Waals surface area contributed by atoms with Gasteiger partial charge < -0.3 is 102 Å². The molecule has 1 aromatic carbocycles. The van der Waals surface area contributed by atoms with Crippen LogP contribution in [0.25, 0.3) is 0 Å². The number of carboxylic acid groups (broad SMARTS) is 1. The maximum Gasteiger partial charge on any atom is 0.326 e. The van der Waals surface area contributed by atoms with Gasteiger partial charge in [0.05, 0.1) is 25.3 Å². The third-order valence-electron chi connectivity index (χ3n) is 14.5. The lowest BCUT2D eigenvalue weighted by Gasteiger charge is -2.33. The van der Waals surface area contributed by atoms with Gasteiger partial charge >= 0.3 is 5.97 Å². The Morgan fingerprint density at radius 1 is 0.674 bits per heavy atom. The lowest BCUT2D eigenvalue weighted by Crippen LogP contribution is -2.59. The van der Waals surface area contributed by atoms with E-state index >= 15 is 0 Å². The molecule has 32 nitrogen and oxygen atoms in total. The van der Waals surface area contributed by atoms with Crippen LogP contribution in [0.3, 0.4) is 0 Å².